The first-order chi connectivity index (χ1) is 12.4. The Bertz CT molecular complexity index is 882. The first-order valence-electron chi connectivity index (χ1n) is 7.07. The summed E-state index contributed by atoms with van der Waals surface area (Å²) in [6.45, 7) is 0. The van der Waals surface area contributed by atoms with Gasteiger partial charge in [-0.3, -0.25) is 0 Å². The molecule has 0 atom stereocenters. The predicted octanol–water partition coefficient (Wildman–Crippen LogP) is 5.73. The summed E-state index contributed by atoms with van der Waals surface area (Å²) >= 11 is -4.55. The third-order valence-corrected chi connectivity index (χ3v) is 8.07. The third kappa shape index (κ3) is 3.56. The maximum absolute atomic E-state index is 14.5. The molecule has 0 N–H and O–H groups in total. The van der Waals surface area contributed by atoms with Crippen molar-refractivity contribution in [3.05, 3.63) is 63.2 Å². The number of ether oxygens (including phenoxy) is 1. The van der Waals surface area contributed by atoms with Crippen LogP contribution >= 0.6 is 20.2 Å². The van der Waals surface area contributed by atoms with Crippen LogP contribution in [0.2, 0.25) is 0 Å². The second-order valence-electron chi connectivity index (χ2n) is 5.24. The first-order valence-corrected chi connectivity index (χ1v) is 10.1. The standard InChI is InChI=1S/C16H8F7IO3/c17-14(18,19)9-4-3-5-10(8-9)26-16(22,23)15(20,21)24-12-7-2-1-6-11(12)13(25)27-24/h1-8H. The average molecular weight is 508 g/mol. The van der Waals surface area contributed by atoms with Gasteiger partial charge in [0.25, 0.3) is 0 Å². The number of hydrogen-bond acceptors (Lipinski definition) is 3. The van der Waals surface area contributed by atoms with E-state index in [0.29, 0.717) is 12.1 Å². The van der Waals surface area contributed by atoms with Crippen LogP contribution < -0.4 is 4.74 Å². The van der Waals surface area contributed by atoms with Crippen LogP contribution in [0, 0.1) is 3.57 Å². The molecule has 0 aliphatic carbocycles. The van der Waals surface area contributed by atoms with Crippen molar-refractivity contribution < 1.29 is 43.3 Å². The van der Waals surface area contributed by atoms with E-state index in [1.54, 1.807) is 0 Å². The Morgan fingerprint density at radius 1 is 0.889 bits per heavy atom. The Balaban J connectivity index is 1.92. The molecule has 1 heterocycles. The van der Waals surface area contributed by atoms with Crippen LogP contribution in [-0.2, 0) is 9.24 Å². The number of carbonyl (C=O) groups is 1. The van der Waals surface area contributed by atoms with Crippen molar-refractivity contribution in [3.8, 4) is 5.75 Å². The van der Waals surface area contributed by atoms with Crippen molar-refractivity contribution in [1.82, 2.24) is 0 Å². The van der Waals surface area contributed by atoms with E-state index in [9.17, 15) is 35.5 Å². The second-order valence-corrected chi connectivity index (χ2v) is 9.61. The molecule has 0 saturated heterocycles. The average Bonchev–Trinajstić information content (AvgIpc) is 2.92. The number of rotatable bonds is 4. The van der Waals surface area contributed by atoms with Gasteiger partial charge < -0.3 is 0 Å². The Kier molecular flexibility index (Phi) is 4.77. The van der Waals surface area contributed by atoms with E-state index >= 15 is 0 Å². The molecule has 146 valence electrons. The molecular weight excluding hydrogens is 500 g/mol. The first kappa shape index (κ1) is 19.7. The van der Waals surface area contributed by atoms with Crippen LogP contribution in [0.25, 0.3) is 0 Å². The summed E-state index contributed by atoms with van der Waals surface area (Å²) in [5.74, 6) is -2.24. The molecule has 2 aromatic carbocycles. The quantitative estimate of drug-likeness (QED) is 0.301. The minimum absolute atomic E-state index is 0.183. The molecule has 0 spiro atoms. The van der Waals surface area contributed by atoms with Gasteiger partial charge in [0.05, 0.1) is 0 Å². The molecule has 1 aliphatic heterocycles. The van der Waals surface area contributed by atoms with Gasteiger partial charge in [-0.2, -0.15) is 0 Å². The molecular formula is C16H8F7IO3. The Labute approximate surface area is 155 Å². The molecule has 0 bridgehead atoms. The number of benzene rings is 2. The van der Waals surface area contributed by atoms with Crippen molar-refractivity contribution in [2.45, 2.75) is 16.2 Å². The fraction of sp³-hybridized carbons (Fsp3) is 0.188. The van der Waals surface area contributed by atoms with Gasteiger partial charge >= 0.3 is 155 Å². The maximum atomic E-state index is 14.5. The van der Waals surface area contributed by atoms with Gasteiger partial charge in [-0.15, -0.1) is 0 Å². The van der Waals surface area contributed by atoms with Gasteiger partial charge in [0.2, 0.25) is 0 Å². The zero-order chi connectivity index (χ0) is 20.0. The summed E-state index contributed by atoms with van der Waals surface area (Å²) in [5.41, 5.74) is -1.58. The molecule has 0 aromatic heterocycles. The fourth-order valence-corrected chi connectivity index (χ4v) is 6.17. The van der Waals surface area contributed by atoms with Crippen molar-refractivity contribution in [1.29, 1.82) is 0 Å². The molecule has 3 nitrogen and oxygen atoms in total. The number of alkyl halides is 8. The van der Waals surface area contributed by atoms with Crippen molar-refractivity contribution in [2.75, 3.05) is 0 Å². The van der Waals surface area contributed by atoms with E-state index in [1.165, 1.54) is 12.1 Å². The molecule has 11 heteroatoms. The van der Waals surface area contributed by atoms with Crippen LogP contribution in [0.3, 0.4) is 0 Å². The Hall–Kier alpha value is -2.05. The zero-order valence-corrected chi connectivity index (χ0v) is 15.0. The molecule has 27 heavy (non-hydrogen) atoms. The third-order valence-electron chi connectivity index (χ3n) is 3.38. The number of halogens is 8. The van der Waals surface area contributed by atoms with E-state index in [-0.39, 0.29) is 15.2 Å². The van der Waals surface area contributed by atoms with Gasteiger partial charge in [0.1, 0.15) is 0 Å². The van der Waals surface area contributed by atoms with E-state index in [1.807, 2.05) is 0 Å². The summed E-state index contributed by atoms with van der Waals surface area (Å²) in [6, 6.07) is 7.09. The van der Waals surface area contributed by atoms with Crippen LogP contribution in [-0.4, -0.2) is 16.0 Å². The van der Waals surface area contributed by atoms with Gasteiger partial charge in [-0.05, 0) is 0 Å². The van der Waals surface area contributed by atoms with Gasteiger partial charge in [0, 0.05) is 0 Å². The van der Waals surface area contributed by atoms with Crippen molar-refractivity contribution >= 4 is 26.2 Å². The van der Waals surface area contributed by atoms with E-state index in [0.717, 1.165) is 18.2 Å². The molecule has 0 unspecified atom stereocenters. The van der Waals surface area contributed by atoms with E-state index in [4.69, 9.17) is 0 Å². The SMILES string of the molecule is O=C1OI(C(F)(F)C(F)(F)Oc2cccc(C(F)(F)F)c2)c2ccccc21. The summed E-state index contributed by atoms with van der Waals surface area (Å²) in [6.07, 6.45) is -10.1. The topological polar surface area (TPSA) is 35.5 Å². The number of fused-ring (bicyclic) bond motifs is 1. The van der Waals surface area contributed by atoms with E-state index < -0.39 is 53.7 Å². The normalized spacial score (nSPS) is 16.1. The minimum atomic E-state index is -5.19. The summed E-state index contributed by atoms with van der Waals surface area (Å²) in [4.78, 5) is 11.6. The Morgan fingerprint density at radius 3 is 2.22 bits per heavy atom. The summed E-state index contributed by atoms with van der Waals surface area (Å²) in [5, 5.41) is 0. The predicted molar refractivity (Wildman–Crippen MR) is 86.5 cm³/mol. The number of hydrogen-bond donors (Lipinski definition) is 0. The molecule has 0 saturated carbocycles. The number of carbonyl (C=O) groups excluding carboxylic acids is 1. The molecule has 3 rings (SSSR count). The van der Waals surface area contributed by atoms with Crippen LogP contribution in [0.4, 0.5) is 30.7 Å². The molecule has 0 radical (unpaired) electrons. The van der Waals surface area contributed by atoms with E-state index in [2.05, 4.69) is 7.80 Å². The van der Waals surface area contributed by atoms with Crippen molar-refractivity contribution in [3.63, 3.8) is 0 Å². The summed E-state index contributed by atoms with van der Waals surface area (Å²) in [7, 11) is 0. The molecule has 1 aliphatic rings. The molecule has 0 amide bonds. The monoisotopic (exact) mass is 508 g/mol. The Morgan fingerprint density at radius 2 is 1.56 bits per heavy atom. The van der Waals surface area contributed by atoms with Crippen LogP contribution in [0.15, 0.2) is 48.5 Å². The van der Waals surface area contributed by atoms with Gasteiger partial charge in [-0.25, -0.2) is 0 Å². The molecule has 2 aromatic rings. The van der Waals surface area contributed by atoms with Crippen LogP contribution in [0.5, 0.6) is 5.75 Å². The van der Waals surface area contributed by atoms with Gasteiger partial charge in [0.15, 0.2) is 0 Å². The fourth-order valence-electron chi connectivity index (χ4n) is 2.15. The molecule has 0 fully saturated rings. The second kappa shape index (κ2) is 6.53. The van der Waals surface area contributed by atoms with Crippen molar-refractivity contribution in [2.24, 2.45) is 0 Å². The van der Waals surface area contributed by atoms with Crippen LogP contribution in [0.1, 0.15) is 15.9 Å². The zero-order valence-electron chi connectivity index (χ0n) is 12.9. The van der Waals surface area contributed by atoms with Gasteiger partial charge in [-0.1, -0.05) is 0 Å². The summed E-state index contributed by atoms with van der Waals surface area (Å²) < 4.78 is 98.5.